The Bertz CT molecular complexity index is 3380. The van der Waals surface area contributed by atoms with Gasteiger partial charge in [0.05, 0.1) is 38.3 Å². The average Bonchev–Trinajstić information content (AvgIpc) is 3.89. The third-order valence-corrected chi connectivity index (χ3v) is 11.7. The highest BCUT2D eigenvalue weighted by Crippen LogP contribution is 2.46. The van der Waals surface area contributed by atoms with Crippen LogP contribution in [0.3, 0.4) is 0 Å². The van der Waals surface area contributed by atoms with Gasteiger partial charge in [-0.15, -0.1) is 0 Å². The first kappa shape index (κ1) is 25.7. The number of imidazole rings is 1. The Hall–Kier alpha value is -6.33. The highest BCUT2D eigenvalue weighted by molar-refractivity contribution is 6.33. The molecule has 234 valence electrons. The topological polar surface area (TPSA) is 40.3 Å². The third-order valence-electron chi connectivity index (χ3n) is 11.7. The molecule has 5 nitrogen and oxygen atoms in total. The lowest BCUT2D eigenvalue weighted by Crippen LogP contribution is -2.21. The van der Waals surface area contributed by atoms with Gasteiger partial charge in [-0.2, -0.15) is 0 Å². The van der Waals surface area contributed by atoms with Crippen molar-refractivity contribution in [2.24, 2.45) is 0 Å². The lowest BCUT2D eigenvalue weighted by atomic mass is 9.92. The Kier molecular flexibility index (Phi) is 4.52. The summed E-state index contributed by atoms with van der Waals surface area (Å²) in [6, 6.07) is 37.8. The van der Waals surface area contributed by atoms with Crippen LogP contribution >= 0.6 is 0 Å². The van der Waals surface area contributed by atoms with Crippen molar-refractivity contribution in [3.8, 4) is 11.6 Å². The zero-order valence-electron chi connectivity index (χ0n) is 27.1. The van der Waals surface area contributed by atoms with Crippen molar-refractivity contribution in [1.29, 1.82) is 0 Å². The van der Waals surface area contributed by atoms with E-state index in [-0.39, 0.29) is 0 Å². The summed E-state index contributed by atoms with van der Waals surface area (Å²) >= 11 is 0. The predicted molar refractivity (Wildman–Crippen MR) is 205 cm³/mol. The summed E-state index contributed by atoms with van der Waals surface area (Å²) in [7, 11) is 0. The lowest BCUT2D eigenvalue weighted by molar-refractivity contribution is 0.669. The summed E-state index contributed by atoms with van der Waals surface area (Å²) in [5.74, 6) is 0.905. The number of aryl methyl sites for hydroxylation is 2. The molecule has 0 atom stereocenters. The fraction of sp³-hybridized carbons (Fsp3) is 0.0889. The molecule has 0 N–H and O–H groups in total. The van der Waals surface area contributed by atoms with E-state index in [2.05, 4.69) is 135 Å². The van der Waals surface area contributed by atoms with Gasteiger partial charge in [0.25, 0.3) is 0 Å². The summed E-state index contributed by atoms with van der Waals surface area (Å²) in [5.41, 5.74) is 12.9. The molecule has 0 bridgehead atoms. The zero-order valence-corrected chi connectivity index (χ0v) is 27.1. The highest BCUT2D eigenvalue weighted by atomic mass is 16.3. The van der Waals surface area contributed by atoms with Crippen LogP contribution in [0, 0.1) is 0 Å². The van der Waals surface area contributed by atoms with Gasteiger partial charge in [0.1, 0.15) is 11.2 Å². The summed E-state index contributed by atoms with van der Waals surface area (Å²) in [4.78, 5) is 5.44. The van der Waals surface area contributed by atoms with Gasteiger partial charge in [-0.05, 0) is 102 Å². The van der Waals surface area contributed by atoms with Crippen molar-refractivity contribution >= 4 is 94.0 Å². The number of rotatable bonds is 2. The second-order valence-electron chi connectivity index (χ2n) is 14.1. The number of benzene rings is 6. The van der Waals surface area contributed by atoms with Crippen molar-refractivity contribution in [3.05, 3.63) is 131 Å². The van der Waals surface area contributed by atoms with Crippen LogP contribution in [0.25, 0.3) is 106 Å². The van der Waals surface area contributed by atoms with Crippen LogP contribution in [0.2, 0.25) is 0 Å². The van der Waals surface area contributed by atoms with Crippen LogP contribution in [-0.4, -0.2) is 18.5 Å². The monoisotopic (exact) mass is 640 g/mol. The van der Waals surface area contributed by atoms with Crippen LogP contribution in [0.5, 0.6) is 0 Å². The molecule has 5 heteroatoms. The summed E-state index contributed by atoms with van der Waals surface area (Å²) in [5, 5.41) is 11.3. The highest BCUT2D eigenvalue weighted by Gasteiger charge is 2.29. The maximum atomic E-state index is 6.64. The lowest BCUT2D eigenvalue weighted by Gasteiger charge is -2.16. The maximum Gasteiger partial charge on any atom is 0.220 e. The van der Waals surface area contributed by atoms with Gasteiger partial charge in [-0.1, -0.05) is 66.8 Å². The molecule has 0 aliphatic heterocycles. The number of hydrogen-bond acceptors (Lipinski definition) is 2. The van der Waals surface area contributed by atoms with Crippen molar-refractivity contribution in [3.63, 3.8) is 0 Å². The SMILES string of the molecule is C1=Cc2c(ccc3cc(-n4c(-n5c6c7c(n8c9ccccc9c9ccc%10oc%11ccc5c7c%11c%10c98)CCC=6)nc5ccccc54)ccc23)CC1. The first-order valence-corrected chi connectivity index (χ1v) is 17.7. The van der Waals surface area contributed by atoms with E-state index in [1.165, 1.54) is 76.3 Å². The standard InChI is InChI=1S/C45H28N4O/c1-2-9-28-25(8-1)16-17-26-24-27(18-19-29(26)28)47-34-13-6-4-11-32(34)46-45(47)49-36-15-7-14-35-40(36)41-37(49)21-23-38-42(41)43-39(50-38)22-20-31-30-10-3-5-12-33(30)48(35)44(31)43/h2-6,9-13,15-24H,1,7-8,14H2. The van der Waals surface area contributed by atoms with E-state index in [4.69, 9.17) is 9.40 Å². The molecule has 0 unspecified atom stereocenters. The first-order valence-electron chi connectivity index (χ1n) is 17.7. The molecule has 5 heterocycles. The second-order valence-corrected chi connectivity index (χ2v) is 14.1. The molecule has 6 aromatic carbocycles. The third kappa shape index (κ3) is 2.96. The summed E-state index contributed by atoms with van der Waals surface area (Å²) in [6.07, 6.45) is 11.2. The van der Waals surface area contributed by atoms with Crippen LogP contribution < -0.4 is 5.35 Å². The fourth-order valence-corrected chi connectivity index (χ4v) is 9.67. The van der Waals surface area contributed by atoms with Crippen LogP contribution in [0.4, 0.5) is 0 Å². The van der Waals surface area contributed by atoms with Gasteiger partial charge in [0.2, 0.25) is 5.95 Å². The fourth-order valence-electron chi connectivity index (χ4n) is 9.67. The summed E-state index contributed by atoms with van der Waals surface area (Å²) in [6.45, 7) is 0. The smallest absolute Gasteiger partial charge is 0.220 e. The van der Waals surface area contributed by atoms with Crippen molar-refractivity contribution < 1.29 is 4.42 Å². The molecule has 5 aromatic heterocycles. The van der Waals surface area contributed by atoms with E-state index >= 15 is 0 Å². The number of para-hydroxylation sites is 3. The van der Waals surface area contributed by atoms with E-state index in [0.29, 0.717) is 0 Å². The molecule has 11 aromatic rings. The van der Waals surface area contributed by atoms with Gasteiger partial charge in [0, 0.05) is 38.3 Å². The van der Waals surface area contributed by atoms with Crippen molar-refractivity contribution in [1.82, 2.24) is 18.5 Å². The van der Waals surface area contributed by atoms with Crippen LogP contribution in [0.15, 0.2) is 114 Å². The van der Waals surface area contributed by atoms with Crippen molar-refractivity contribution in [2.45, 2.75) is 25.7 Å². The first-order chi connectivity index (χ1) is 24.8. The number of nitrogens with zero attached hydrogens (tertiary/aromatic N) is 4. The molecule has 2 aliphatic carbocycles. The maximum absolute atomic E-state index is 6.64. The van der Waals surface area contributed by atoms with Crippen molar-refractivity contribution in [2.75, 3.05) is 0 Å². The molecule has 2 aliphatic rings. The van der Waals surface area contributed by atoms with Crippen LogP contribution in [-0.2, 0) is 12.8 Å². The Labute approximate surface area is 284 Å². The average molecular weight is 641 g/mol. The van der Waals surface area contributed by atoms with Gasteiger partial charge < -0.3 is 8.82 Å². The quantitative estimate of drug-likeness (QED) is 0.189. The van der Waals surface area contributed by atoms with Crippen LogP contribution in [0.1, 0.15) is 29.7 Å². The van der Waals surface area contributed by atoms with E-state index in [0.717, 1.165) is 65.0 Å². The molecule has 0 fully saturated rings. The molecular formula is C45H28N4O. The van der Waals surface area contributed by atoms with E-state index in [9.17, 15) is 0 Å². The minimum atomic E-state index is 0.905. The molecule has 0 saturated carbocycles. The second kappa shape index (κ2) is 8.82. The Balaban J connectivity index is 1.21. The van der Waals surface area contributed by atoms with Gasteiger partial charge >= 0.3 is 0 Å². The number of hydrogen-bond donors (Lipinski definition) is 0. The summed E-state index contributed by atoms with van der Waals surface area (Å²) < 4.78 is 14.0. The number of fused-ring (bicyclic) bond motifs is 8. The largest absolute Gasteiger partial charge is 0.456 e. The molecule has 0 spiro atoms. The molecule has 50 heavy (non-hydrogen) atoms. The number of furan rings is 1. The van der Waals surface area contributed by atoms with E-state index < -0.39 is 0 Å². The van der Waals surface area contributed by atoms with Gasteiger partial charge in [-0.3, -0.25) is 9.13 Å². The van der Waals surface area contributed by atoms with Gasteiger partial charge in [-0.25, -0.2) is 4.98 Å². The number of aromatic nitrogens is 4. The minimum absolute atomic E-state index is 0.905. The Morgan fingerprint density at radius 3 is 2.46 bits per heavy atom. The molecule has 0 amide bonds. The molecular weight excluding hydrogens is 613 g/mol. The predicted octanol–water partition coefficient (Wildman–Crippen LogP) is 10.4. The zero-order chi connectivity index (χ0) is 32.2. The van der Waals surface area contributed by atoms with E-state index in [1.807, 2.05) is 0 Å². The Morgan fingerprint density at radius 2 is 1.48 bits per heavy atom. The molecule has 0 radical (unpaired) electrons. The molecule has 0 saturated heterocycles. The van der Waals surface area contributed by atoms with E-state index in [1.54, 1.807) is 0 Å². The minimum Gasteiger partial charge on any atom is -0.456 e. The number of allylic oxidation sites excluding steroid dienone is 1. The Morgan fingerprint density at radius 1 is 0.620 bits per heavy atom. The van der Waals surface area contributed by atoms with Gasteiger partial charge in [0.15, 0.2) is 0 Å². The normalized spacial score (nSPS) is 14.6. The molecule has 13 rings (SSSR count).